The Morgan fingerprint density at radius 2 is 1.59 bits per heavy atom. The van der Waals surface area contributed by atoms with Gasteiger partial charge in [-0.1, -0.05) is 57.5 Å². The van der Waals surface area contributed by atoms with Crippen molar-refractivity contribution in [2.24, 2.45) is 5.73 Å². The molecule has 5 aromatic rings. The molecule has 1 heterocycles. The van der Waals surface area contributed by atoms with Crippen LogP contribution in [-0.4, -0.2) is 70.7 Å². The van der Waals surface area contributed by atoms with E-state index in [1.54, 1.807) is 55.8 Å². The lowest BCUT2D eigenvalue weighted by atomic mass is 9.85. The first kappa shape index (κ1) is 42.6. The number of carbonyl (C=O) groups is 2. The second-order valence-electron chi connectivity index (χ2n) is 14.1. The van der Waals surface area contributed by atoms with Gasteiger partial charge in [-0.15, -0.1) is 6.42 Å². The molecular weight excluding hydrogens is 737 g/mol. The molecule has 5 rings (SSSR count). The van der Waals surface area contributed by atoms with E-state index in [0.29, 0.717) is 102 Å². The molecule has 0 unspecified atom stereocenters. The van der Waals surface area contributed by atoms with Crippen molar-refractivity contribution in [1.82, 2.24) is 10.3 Å². The lowest BCUT2D eigenvalue weighted by Crippen LogP contribution is -2.27. The minimum Gasteiger partial charge on any atom is -0.494 e. The number of hydrogen-bond acceptors (Lipinski definition) is 10. The summed E-state index contributed by atoms with van der Waals surface area (Å²) in [6, 6.07) is 23.0. The van der Waals surface area contributed by atoms with E-state index in [9.17, 15) is 9.59 Å². The standard InChI is InChI=1S/C45H50N6O7/c1-8-30-23-31(43(52)48-17-18-56-21-22-57-20-19-54-6)25-33(24-30)49-41-28-34(15-16-47-41)58-40-14-13-38(35-11-9-10-12-36(35)40)50-44(53)51-39-27-32(45(3,4)5)26-37(29(2)46)42(39)55-7/h1,9-16,23-28H,2,17-22,46H2,3-7H3,(H,47,49)(H,48,52)(H2,50,51,53). The number of nitrogens with one attached hydrogen (secondary N) is 4. The highest BCUT2D eigenvalue weighted by Gasteiger charge is 2.22. The van der Waals surface area contributed by atoms with Gasteiger partial charge in [-0.2, -0.15) is 0 Å². The van der Waals surface area contributed by atoms with Crippen LogP contribution in [0.5, 0.6) is 17.2 Å². The van der Waals surface area contributed by atoms with Crippen molar-refractivity contribution in [2.75, 3.05) is 69.7 Å². The number of benzene rings is 4. The summed E-state index contributed by atoms with van der Waals surface area (Å²) < 4.78 is 27.9. The fourth-order valence-corrected chi connectivity index (χ4v) is 5.89. The molecule has 6 N–H and O–H groups in total. The maximum atomic E-state index is 13.5. The van der Waals surface area contributed by atoms with E-state index in [2.05, 4.69) is 59.5 Å². The third kappa shape index (κ3) is 11.5. The average molecular weight is 787 g/mol. The predicted octanol–water partition coefficient (Wildman–Crippen LogP) is 8.04. The number of ether oxygens (including phenoxy) is 5. The van der Waals surface area contributed by atoms with Crippen LogP contribution in [0.4, 0.5) is 27.7 Å². The summed E-state index contributed by atoms with van der Waals surface area (Å²) in [6.45, 7) is 12.6. The van der Waals surface area contributed by atoms with Gasteiger partial charge in [-0.3, -0.25) is 4.79 Å². The fraction of sp³-hybridized carbons (Fsp3) is 0.267. The Labute approximate surface area is 339 Å². The molecule has 0 fully saturated rings. The first-order valence-corrected chi connectivity index (χ1v) is 18.6. The van der Waals surface area contributed by atoms with Crippen LogP contribution in [0.2, 0.25) is 0 Å². The number of nitrogens with two attached hydrogens (primary N) is 1. The lowest BCUT2D eigenvalue weighted by Gasteiger charge is -2.24. The molecule has 0 saturated heterocycles. The number of rotatable bonds is 18. The monoisotopic (exact) mass is 786 g/mol. The molecule has 0 atom stereocenters. The number of hydrogen-bond donors (Lipinski definition) is 5. The highest BCUT2D eigenvalue weighted by molar-refractivity contribution is 6.08. The second-order valence-corrected chi connectivity index (χ2v) is 14.1. The van der Waals surface area contributed by atoms with E-state index in [1.165, 1.54) is 7.11 Å². The van der Waals surface area contributed by atoms with Gasteiger partial charge >= 0.3 is 6.03 Å². The number of aromatic nitrogens is 1. The smallest absolute Gasteiger partial charge is 0.323 e. The highest BCUT2D eigenvalue weighted by atomic mass is 16.5. The summed E-state index contributed by atoms with van der Waals surface area (Å²) in [6.07, 6.45) is 7.34. The van der Waals surface area contributed by atoms with Gasteiger partial charge in [0, 0.05) is 64.8 Å². The van der Waals surface area contributed by atoms with Crippen molar-refractivity contribution in [2.45, 2.75) is 26.2 Å². The van der Waals surface area contributed by atoms with Crippen LogP contribution in [0, 0.1) is 12.3 Å². The number of anilines is 4. The number of pyridine rings is 1. The SMILES string of the molecule is C#Cc1cc(Nc2cc(Oc3ccc(NC(=O)Nc4cc(C(C)(C)C)cc(C(=C)N)c4OC)c4ccccc34)ccn2)cc(C(=O)NCCOCCOCCOC)c1. The highest BCUT2D eigenvalue weighted by Crippen LogP contribution is 2.38. The Morgan fingerprint density at radius 1 is 0.862 bits per heavy atom. The largest absolute Gasteiger partial charge is 0.494 e. The molecule has 0 aliphatic carbocycles. The molecule has 3 amide bonds. The average Bonchev–Trinajstić information content (AvgIpc) is 3.20. The first-order valence-electron chi connectivity index (χ1n) is 18.6. The molecule has 0 aliphatic rings. The number of terminal acetylenes is 1. The van der Waals surface area contributed by atoms with Crippen LogP contribution in [0.3, 0.4) is 0 Å². The normalized spacial score (nSPS) is 11.0. The van der Waals surface area contributed by atoms with Crippen LogP contribution in [0.15, 0.2) is 91.6 Å². The van der Waals surface area contributed by atoms with E-state index in [1.807, 2.05) is 36.4 Å². The van der Waals surface area contributed by atoms with Gasteiger partial charge in [0.2, 0.25) is 0 Å². The summed E-state index contributed by atoms with van der Waals surface area (Å²) in [5.74, 6) is 4.24. The van der Waals surface area contributed by atoms with Crippen LogP contribution in [0.1, 0.15) is 47.8 Å². The van der Waals surface area contributed by atoms with E-state index in [0.717, 1.165) is 16.3 Å². The molecular formula is C45H50N6O7. The van der Waals surface area contributed by atoms with Gasteiger partial charge in [0.15, 0.2) is 5.75 Å². The Hall–Kier alpha value is -6.59. The molecule has 302 valence electrons. The summed E-state index contributed by atoms with van der Waals surface area (Å²) in [4.78, 5) is 30.9. The van der Waals surface area contributed by atoms with Crippen LogP contribution >= 0.6 is 0 Å². The van der Waals surface area contributed by atoms with Crippen molar-refractivity contribution in [3.8, 4) is 29.6 Å². The minimum absolute atomic E-state index is 0.229. The van der Waals surface area contributed by atoms with Crippen molar-refractivity contribution >= 4 is 51.3 Å². The van der Waals surface area contributed by atoms with Gasteiger partial charge in [-0.05, 0) is 59.5 Å². The quantitative estimate of drug-likeness (QED) is 0.0433. The minimum atomic E-state index is -0.472. The Balaban J connectivity index is 1.27. The molecule has 0 saturated carbocycles. The molecule has 0 bridgehead atoms. The summed E-state index contributed by atoms with van der Waals surface area (Å²) >= 11 is 0. The van der Waals surface area contributed by atoms with E-state index in [-0.39, 0.29) is 11.3 Å². The van der Waals surface area contributed by atoms with Crippen molar-refractivity contribution < 1.29 is 33.3 Å². The zero-order valence-corrected chi connectivity index (χ0v) is 33.5. The van der Waals surface area contributed by atoms with E-state index >= 15 is 0 Å². The van der Waals surface area contributed by atoms with Crippen LogP contribution in [0.25, 0.3) is 16.5 Å². The van der Waals surface area contributed by atoms with Gasteiger partial charge in [0.05, 0.1) is 51.5 Å². The molecule has 0 spiro atoms. The molecule has 58 heavy (non-hydrogen) atoms. The summed E-state index contributed by atoms with van der Waals surface area (Å²) in [5.41, 5.74) is 10.3. The van der Waals surface area contributed by atoms with Crippen LogP contribution < -0.4 is 36.5 Å². The van der Waals surface area contributed by atoms with E-state index < -0.39 is 6.03 Å². The zero-order chi connectivity index (χ0) is 41.7. The van der Waals surface area contributed by atoms with Crippen molar-refractivity contribution in [1.29, 1.82) is 0 Å². The Kier molecular flexibility index (Phi) is 14.7. The third-order valence-electron chi connectivity index (χ3n) is 8.81. The maximum absolute atomic E-state index is 13.5. The van der Waals surface area contributed by atoms with Crippen molar-refractivity contribution in [3.63, 3.8) is 0 Å². The molecule has 13 heteroatoms. The van der Waals surface area contributed by atoms with Gasteiger partial charge < -0.3 is 50.7 Å². The fourth-order valence-electron chi connectivity index (χ4n) is 5.89. The second kappa shape index (κ2) is 20.0. The summed E-state index contributed by atoms with van der Waals surface area (Å²) in [5, 5.41) is 13.5. The molecule has 1 aromatic heterocycles. The zero-order valence-electron chi connectivity index (χ0n) is 33.5. The molecule has 13 nitrogen and oxygen atoms in total. The van der Waals surface area contributed by atoms with Crippen molar-refractivity contribution in [3.05, 3.63) is 114 Å². The number of amides is 3. The number of methoxy groups -OCH3 is 2. The van der Waals surface area contributed by atoms with Gasteiger partial charge in [-0.25, -0.2) is 9.78 Å². The van der Waals surface area contributed by atoms with E-state index in [4.69, 9.17) is 35.8 Å². The maximum Gasteiger partial charge on any atom is 0.323 e. The third-order valence-corrected chi connectivity index (χ3v) is 8.81. The van der Waals surface area contributed by atoms with Crippen LogP contribution in [-0.2, 0) is 19.6 Å². The number of carbonyl (C=O) groups excluding carboxylic acids is 2. The topological polar surface area (TPSA) is 167 Å². The first-order chi connectivity index (χ1) is 27.9. The molecule has 0 aliphatic heterocycles. The Morgan fingerprint density at radius 3 is 2.29 bits per heavy atom. The number of nitrogens with zero attached hydrogens (tertiary/aromatic N) is 1. The van der Waals surface area contributed by atoms with Gasteiger partial charge in [0.1, 0.15) is 17.3 Å². The molecule has 4 aromatic carbocycles. The summed E-state index contributed by atoms with van der Waals surface area (Å²) in [7, 11) is 3.14. The molecule has 0 radical (unpaired) electrons. The number of fused-ring (bicyclic) bond motifs is 1. The Bertz CT molecular complexity index is 2300. The van der Waals surface area contributed by atoms with Gasteiger partial charge in [0.25, 0.3) is 5.91 Å². The lowest BCUT2D eigenvalue weighted by molar-refractivity contribution is 0.0255. The predicted molar refractivity (Wildman–Crippen MR) is 229 cm³/mol. The number of urea groups is 1.